The number of guanidine groups is 1. The Labute approximate surface area is 127 Å². The van der Waals surface area contributed by atoms with Gasteiger partial charge in [-0.15, -0.1) is 11.3 Å². The van der Waals surface area contributed by atoms with E-state index in [4.69, 9.17) is 22.1 Å². The zero-order valence-corrected chi connectivity index (χ0v) is 12.9. The number of aryl methyl sites for hydroxylation is 1. The second-order valence-corrected chi connectivity index (χ2v) is 5.61. The number of methoxy groups -OCH3 is 1. The average Bonchev–Trinajstić information content (AvgIpc) is 2.82. The van der Waals surface area contributed by atoms with Crippen LogP contribution < -0.4 is 15.8 Å². The molecule has 0 saturated heterocycles. The van der Waals surface area contributed by atoms with Crippen LogP contribution in [0.15, 0.2) is 34.6 Å². The Bertz CT molecular complexity index is 625. The van der Waals surface area contributed by atoms with Crippen molar-refractivity contribution in [2.45, 2.75) is 13.5 Å². The Balaban J connectivity index is 2.02. The summed E-state index contributed by atoms with van der Waals surface area (Å²) in [6.45, 7) is 2.64. The van der Waals surface area contributed by atoms with Gasteiger partial charge in [-0.25, -0.2) is 4.99 Å². The van der Waals surface area contributed by atoms with Crippen molar-refractivity contribution in [1.82, 2.24) is 0 Å². The van der Waals surface area contributed by atoms with E-state index in [-0.39, 0.29) is 0 Å². The number of nitrogens with one attached hydrogen (secondary N) is 1. The van der Waals surface area contributed by atoms with Crippen molar-refractivity contribution < 1.29 is 4.74 Å². The van der Waals surface area contributed by atoms with Crippen LogP contribution in [-0.2, 0) is 6.54 Å². The Hall–Kier alpha value is -1.72. The number of benzene rings is 1. The van der Waals surface area contributed by atoms with E-state index in [1.54, 1.807) is 30.6 Å². The summed E-state index contributed by atoms with van der Waals surface area (Å²) in [5, 5.41) is 5.58. The van der Waals surface area contributed by atoms with Crippen molar-refractivity contribution in [3.63, 3.8) is 0 Å². The van der Waals surface area contributed by atoms with Crippen molar-refractivity contribution in [1.29, 1.82) is 0 Å². The zero-order chi connectivity index (χ0) is 14.5. The van der Waals surface area contributed by atoms with Crippen molar-refractivity contribution >= 4 is 34.6 Å². The minimum Gasteiger partial charge on any atom is -0.495 e. The average molecular weight is 310 g/mol. The van der Waals surface area contributed by atoms with Gasteiger partial charge >= 0.3 is 0 Å². The molecule has 4 nitrogen and oxygen atoms in total. The lowest BCUT2D eigenvalue weighted by molar-refractivity contribution is 0.415. The van der Waals surface area contributed by atoms with Gasteiger partial charge in [-0.2, -0.15) is 0 Å². The summed E-state index contributed by atoms with van der Waals surface area (Å²) in [5.41, 5.74) is 7.88. The maximum atomic E-state index is 6.05. The van der Waals surface area contributed by atoms with Gasteiger partial charge in [-0.1, -0.05) is 11.6 Å². The van der Waals surface area contributed by atoms with Crippen LogP contribution in [0.5, 0.6) is 5.75 Å². The van der Waals surface area contributed by atoms with E-state index in [0.29, 0.717) is 23.3 Å². The first-order valence-corrected chi connectivity index (χ1v) is 7.29. The highest BCUT2D eigenvalue weighted by molar-refractivity contribution is 7.10. The summed E-state index contributed by atoms with van der Waals surface area (Å²) < 4.78 is 5.09. The number of nitrogens with zero attached hydrogens (tertiary/aromatic N) is 1. The molecule has 0 fully saturated rings. The maximum Gasteiger partial charge on any atom is 0.193 e. The van der Waals surface area contributed by atoms with Crippen LogP contribution in [-0.4, -0.2) is 13.1 Å². The Kier molecular flexibility index (Phi) is 4.87. The van der Waals surface area contributed by atoms with Gasteiger partial charge in [0.1, 0.15) is 5.75 Å². The second kappa shape index (κ2) is 6.63. The molecular formula is C14H16ClN3OS. The van der Waals surface area contributed by atoms with Crippen molar-refractivity contribution in [2.24, 2.45) is 10.7 Å². The molecule has 0 amide bonds. The number of nitrogens with two attached hydrogens (primary N) is 1. The maximum absolute atomic E-state index is 6.05. The van der Waals surface area contributed by atoms with E-state index in [1.807, 2.05) is 11.4 Å². The number of hydrogen-bond donors (Lipinski definition) is 2. The molecule has 2 rings (SSSR count). The third kappa shape index (κ3) is 3.65. The van der Waals surface area contributed by atoms with E-state index >= 15 is 0 Å². The Morgan fingerprint density at radius 1 is 1.45 bits per heavy atom. The molecule has 0 aliphatic heterocycles. The molecule has 0 aliphatic rings. The van der Waals surface area contributed by atoms with Gasteiger partial charge in [-0.05, 0) is 42.1 Å². The zero-order valence-electron chi connectivity index (χ0n) is 11.3. The fourth-order valence-electron chi connectivity index (χ4n) is 1.65. The number of aliphatic imine (C=N–C) groups is 1. The van der Waals surface area contributed by atoms with Crippen molar-refractivity contribution in [3.05, 3.63) is 45.1 Å². The monoisotopic (exact) mass is 309 g/mol. The van der Waals surface area contributed by atoms with Gasteiger partial charge < -0.3 is 15.8 Å². The molecule has 0 aliphatic carbocycles. The third-order valence-corrected chi connectivity index (χ3v) is 4.09. The van der Waals surface area contributed by atoms with Crippen LogP contribution in [0.1, 0.15) is 10.4 Å². The van der Waals surface area contributed by atoms with Gasteiger partial charge in [0.2, 0.25) is 0 Å². The summed E-state index contributed by atoms with van der Waals surface area (Å²) in [6.07, 6.45) is 0. The molecule has 0 atom stereocenters. The van der Waals surface area contributed by atoms with Gasteiger partial charge in [0.25, 0.3) is 0 Å². The summed E-state index contributed by atoms with van der Waals surface area (Å²) >= 11 is 7.73. The molecular weight excluding hydrogens is 294 g/mol. The molecule has 0 radical (unpaired) electrons. The van der Waals surface area contributed by atoms with Crippen LogP contribution >= 0.6 is 22.9 Å². The topological polar surface area (TPSA) is 59.6 Å². The number of halogens is 1. The highest BCUT2D eigenvalue weighted by Gasteiger charge is 2.03. The summed E-state index contributed by atoms with van der Waals surface area (Å²) in [5.74, 6) is 0.987. The lowest BCUT2D eigenvalue weighted by Crippen LogP contribution is -2.22. The van der Waals surface area contributed by atoms with E-state index in [9.17, 15) is 0 Å². The summed E-state index contributed by atoms with van der Waals surface area (Å²) in [4.78, 5) is 5.53. The molecule has 0 unspecified atom stereocenters. The van der Waals surface area contributed by atoms with Gasteiger partial charge in [0, 0.05) is 10.6 Å². The predicted octanol–water partition coefficient (Wildman–Crippen LogP) is 3.65. The molecule has 2 aromatic rings. The number of rotatable bonds is 4. The molecule has 0 saturated carbocycles. The van der Waals surface area contributed by atoms with E-state index in [2.05, 4.69) is 23.3 Å². The van der Waals surface area contributed by atoms with Crippen LogP contribution in [0.2, 0.25) is 5.02 Å². The predicted molar refractivity (Wildman–Crippen MR) is 86.0 cm³/mol. The molecule has 0 spiro atoms. The quantitative estimate of drug-likeness (QED) is 0.669. The first-order chi connectivity index (χ1) is 9.60. The van der Waals surface area contributed by atoms with Crippen molar-refractivity contribution in [3.8, 4) is 5.75 Å². The minimum atomic E-state index is 0.360. The molecule has 0 bridgehead atoms. The third-order valence-electron chi connectivity index (χ3n) is 2.79. The first kappa shape index (κ1) is 14.7. The second-order valence-electron chi connectivity index (χ2n) is 4.20. The number of thiophene rings is 1. The van der Waals surface area contributed by atoms with Crippen molar-refractivity contribution in [2.75, 3.05) is 12.4 Å². The standard InChI is InChI=1S/C14H16ClN3OS/c1-9-5-6-20-13(9)8-17-14(16)18-10-3-4-12(19-2)11(15)7-10/h3-7H,8H2,1-2H3,(H3,16,17,18). The first-order valence-electron chi connectivity index (χ1n) is 6.03. The normalized spacial score (nSPS) is 11.4. The van der Waals surface area contributed by atoms with Gasteiger partial charge in [0.05, 0.1) is 18.7 Å². The van der Waals surface area contributed by atoms with Crippen LogP contribution in [0.3, 0.4) is 0 Å². The molecule has 1 aromatic carbocycles. The van der Waals surface area contributed by atoms with Gasteiger partial charge in [-0.3, -0.25) is 0 Å². The summed E-state index contributed by atoms with van der Waals surface area (Å²) in [6, 6.07) is 7.44. The summed E-state index contributed by atoms with van der Waals surface area (Å²) in [7, 11) is 1.58. The van der Waals surface area contributed by atoms with Crippen LogP contribution in [0.4, 0.5) is 5.69 Å². The van der Waals surface area contributed by atoms with E-state index in [0.717, 1.165) is 5.69 Å². The molecule has 20 heavy (non-hydrogen) atoms. The van der Waals surface area contributed by atoms with E-state index < -0.39 is 0 Å². The molecule has 1 aromatic heterocycles. The lowest BCUT2D eigenvalue weighted by Gasteiger charge is -2.08. The molecule has 1 heterocycles. The Morgan fingerprint density at radius 3 is 2.85 bits per heavy atom. The van der Waals surface area contributed by atoms with Gasteiger partial charge in [0.15, 0.2) is 5.96 Å². The number of anilines is 1. The number of hydrogen-bond acceptors (Lipinski definition) is 3. The van der Waals surface area contributed by atoms with E-state index in [1.165, 1.54) is 10.4 Å². The SMILES string of the molecule is COc1ccc(NC(N)=NCc2sccc2C)cc1Cl. The Morgan fingerprint density at radius 2 is 2.25 bits per heavy atom. The lowest BCUT2D eigenvalue weighted by atomic mass is 10.3. The van der Waals surface area contributed by atoms with Crippen LogP contribution in [0, 0.1) is 6.92 Å². The molecule has 106 valence electrons. The highest BCUT2D eigenvalue weighted by Crippen LogP contribution is 2.27. The fraction of sp³-hybridized carbons (Fsp3) is 0.214. The van der Waals surface area contributed by atoms with Crippen LogP contribution in [0.25, 0.3) is 0 Å². The number of ether oxygens (including phenoxy) is 1. The minimum absolute atomic E-state index is 0.360. The fourth-order valence-corrected chi connectivity index (χ4v) is 2.74. The highest BCUT2D eigenvalue weighted by atomic mass is 35.5. The molecule has 3 N–H and O–H groups in total. The smallest absolute Gasteiger partial charge is 0.193 e. The largest absolute Gasteiger partial charge is 0.495 e. The molecule has 6 heteroatoms.